The molecule has 3 aromatic carbocycles. The number of anilines is 2. The Labute approximate surface area is 188 Å². The summed E-state index contributed by atoms with van der Waals surface area (Å²) in [5, 5.41) is 3.08. The molecular weight excluding hydrogens is 492 g/mol. The Balaban J connectivity index is 1.96. The fourth-order valence-electron chi connectivity index (χ4n) is 2.70. The van der Waals surface area contributed by atoms with E-state index in [4.69, 9.17) is 16.3 Å². The van der Waals surface area contributed by atoms with E-state index in [1.807, 2.05) is 6.07 Å². The van der Waals surface area contributed by atoms with Gasteiger partial charge in [-0.2, -0.15) is 0 Å². The first-order valence-electron chi connectivity index (χ1n) is 8.78. The summed E-state index contributed by atoms with van der Waals surface area (Å²) in [4.78, 5) is 12.7. The summed E-state index contributed by atoms with van der Waals surface area (Å²) >= 11 is 9.43. The fourth-order valence-corrected chi connectivity index (χ4v) is 4.69. The van der Waals surface area contributed by atoms with Crippen LogP contribution in [-0.2, 0) is 14.8 Å². The molecule has 0 saturated heterocycles. The summed E-state index contributed by atoms with van der Waals surface area (Å²) in [7, 11) is -2.55. The number of halogens is 2. The summed E-state index contributed by atoms with van der Waals surface area (Å²) in [6.07, 6.45) is 0. The van der Waals surface area contributed by atoms with E-state index in [2.05, 4.69) is 21.2 Å². The van der Waals surface area contributed by atoms with E-state index in [1.165, 1.54) is 25.3 Å². The minimum Gasteiger partial charge on any atom is -0.497 e. The van der Waals surface area contributed by atoms with Crippen LogP contribution in [0, 0.1) is 0 Å². The fraction of sp³-hybridized carbons (Fsp3) is 0.0952. The first-order chi connectivity index (χ1) is 14.3. The van der Waals surface area contributed by atoms with Gasteiger partial charge in [0.15, 0.2) is 0 Å². The number of hydrogen-bond acceptors (Lipinski definition) is 4. The predicted molar refractivity (Wildman–Crippen MR) is 122 cm³/mol. The number of amides is 1. The van der Waals surface area contributed by atoms with E-state index in [1.54, 1.807) is 48.5 Å². The zero-order valence-electron chi connectivity index (χ0n) is 15.9. The SMILES string of the molecule is COc1ccc(S(=O)(=O)N(CC(=O)Nc2ccccc2Br)c2cccc(Cl)c2)cc1. The van der Waals surface area contributed by atoms with Crippen LogP contribution in [-0.4, -0.2) is 28.0 Å². The van der Waals surface area contributed by atoms with Crippen LogP contribution in [0.3, 0.4) is 0 Å². The largest absolute Gasteiger partial charge is 0.497 e. The molecule has 0 atom stereocenters. The van der Waals surface area contributed by atoms with Gasteiger partial charge in [0.1, 0.15) is 12.3 Å². The second-order valence-electron chi connectivity index (χ2n) is 6.20. The monoisotopic (exact) mass is 508 g/mol. The molecule has 3 aromatic rings. The van der Waals surface area contributed by atoms with Crippen molar-refractivity contribution in [1.82, 2.24) is 0 Å². The molecule has 30 heavy (non-hydrogen) atoms. The average molecular weight is 510 g/mol. The highest BCUT2D eigenvalue weighted by Crippen LogP contribution is 2.28. The smallest absolute Gasteiger partial charge is 0.264 e. The van der Waals surface area contributed by atoms with Crippen LogP contribution in [0.1, 0.15) is 0 Å². The number of nitrogens with zero attached hydrogens (tertiary/aromatic N) is 1. The number of benzene rings is 3. The van der Waals surface area contributed by atoms with Gasteiger partial charge in [-0.05, 0) is 70.5 Å². The molecule has 1 N–H and O–H groups in total. The van der Waals surface area contributed by atoms with Gasteiger partial charge in [0.05, 0.1) is 23.4 Å². The van der Waals surface area contributed by atoms with Gasteiger partial charge in [-0.25, -0.2) is 8.42 Å². The van der Waals surface area contributed by atoms with Crippen LogP contribution in [0.4, 0.5) is 11.4 Å². The maximum absolute atomic E-state index is 13.4. The van der Waals surface area contributed by atoms with E-state index in [9.17, 15) is 13.2 Å². The Kier molecular flexibility index (Phi) is 7.02. The van der Waals surface area contributed by atoms with Crippen LogP contribution >= 0.6 is 27.5 Å². The molecule has 156 valence electrons. The topological polar surface area (TPSA) is 75.7 Å². The van der Waals surface area contributed by atoms with Gasteiger partial charge in [0, 0.05) is 9.50 Å². The van der Waals surface area contributed by atoms with E-state index in [0.29, 0.717) is 20.9 Å². The molecule has 0 heterocycles. The Bertz CT molecular complexity index is 1150. The maximum atomic E-state index is 13.4. The van der Waals surface area contributed by atoms with Gasteiger partial charge in [-0.1, -0.05) is 29.8 Å². The lowest BCUT2D eigenvalue weighted by atomic mass is 10.3. The lowest BCUT2D eigenvalue weighted by Crippen LogP contribution is -2.38. The van der Waals surface area contributed by atoms with Crippen molar-refractivity contribution in [1.29, 1.82) is 0 Å². The lowest BCUT2D eigenvalue weighted by Gasteiger charge is -2.24. The summed E-state index contributed by atoms with van der Waals surface area (Å²) in [6, 6.07) is 19.3. The highest BCUT2D eigenvalue weighted by atomic mass is 79.9. The van der Waals surface area contributed by atoms with Crippen molar-refractivity contribution in [3.63, 3.8) is 0 Å². The van der Waals surface area contributed by atoms with Crippen molar-refractivity contribution >= 4 is 54.8 Å². The predicted octanol–water partition coefficient (Wildman–Crippen LogP) is 4.95. The minimum atomic E-state index is -4.05. The van der Waals surface area contributed by atoms with E-state index >= 15 is 0 Å². The van der Waals surface area contributed by atoms with Gasteiger partial charge < -0.3 is 10.1 Å². The third kappa shape index (κ3) is 5.13. The molecule has 9 heteroatoms. The number of carbonyl (C=O) groups is 1. The Morgan fingerprint density at radius 2 is 1.77 bits per heavy atom. The van der Waals surface area contributed by atoms with E-state index in [0.717, 1.165) is 4.31 Å². The molecule has 0 spiro atoms. The Morgan fingerprint density at radius 3 is 2.40 bits per heavy atom. The van der Waals surface area contributed by atoms with Crippen molar-refractivity contribution in [2.75, 3.05) is 23.3 Å². The molecule has 0 aliphatic carbocycles. The number of nitrogens with one attached hydrogen (secondary N) is 1. The van der Waals surface area contributed by atoms with Gasteiger partial charge >= 0.3 is 0 Å². The zero-order valence-corrected chi connectivity index (χ0v) is 19.0. The van der Waals surface area contributed by atoms with Gasteiger partial charge in [0.25, 0.3) is 10.0 Å². The van der Waals surface area contributed by atoms with Crippen molar-refractivity contribution in [3.8, 4) is 5.75 Å². The van der Waals surface area contributed by atoms with Crippen LogP contribution in [0.25, 0.3) is 0 Å². The summed E-state index contributed by atoms with van der Waals surface area (Å²) < 4.78 is 33.5. The molecule has 0 unspecified atom stereocenters. The van der Waals surface area contributed by atoms with Crippen LogP contribution in [0.15, 0.2) is 82.2 Å². The lowest BCUT2D eigenvalue weighted by molar-refractivity contribution is -0.114. The number of carbonyl (C=O) groups excluding carboxylic acids is 1. The second-order valence-corrected chi connectivity index (χ2v) is 9.35. The number of sulfonamides is 1. The van der Waals surface area contributed by atoms with Gasteiger partial charge in [-0.3, -0.25) is 9.10 Å². The molecule has 0 saturated carbocycles. The van der Waals surface area contributed by atoms with Crippen LogP contribution < -0.4 is 14.4 Å². The first kappa shape index (κ1) is 22.1. The minimum absolute atomic E-state index is 0.0250. The van der Waals surface area contributed by atoms with E-state index < -0.39 is 22.5 Å². The highest BCUT2D eigenvalue weighted by Gasteiger charge is 2.27. The van der Waals surface area contributed by atoms with Crippen molar-refractivity contribution in [2.45, 2.75) is 4.90 Å². The maximum Gasteiger partial charge on any atom is 0.264 e. The summed E-state index contributed by atoms with van der Waals surface area (Å²) in [6.45, 7) is -0.434. The molecule has 3 rings (SSSR count). The zero-order chi connectivity index (χ0) is 21.7. The second kappa shape index (κ2) is 9.51. The summed E-state index contributed by atoms with van der Waals surface area (Å²) in [5.41, 5.74) is 0.816. The quantitative estimate of drug-likeness (QED) is 0.489. The Hall–Kier alpha value is -2.55. The molecule has 0 radical (unpaired) electrons. The molecule has 0 aliphatic heterocycles. The Morgan fingerprint density at radius 1 is 1.07 bits per heavy atom. The standard InChI is InChI=1S/C21H18BrClN2O4S/c1-29-17-9-11-18(12-10-17)30(27,28)25(16-6-4-5-15(23)13-16)14-21(26)24-20-8-3-2-7-19(20)22/h2-13H,14H2,1H3,(H,24,26). The van der Waals surface area contributed by atoms with Crippen LogP contribution in [0.5, 0.6) is 5.75 Å². The van der Waals surface area contributed by atoms with Crippen molar-refractivity contribution < 1.29 is 17.9 Å². The number of hydrogen-bond donors (Lipinski definition) is 1. The molecule has 0 fully saturated rings. The number of rotatable bonds is 7. The van der Waals surface area contributed by atoms with Gasteiger partial charge in [0.2, 0.25) is 5.91 Å². The summed E-state index contributed by atoms with van der Waals surface area (Å²) in [5.74, 6) is 0.0221. The van der Waals surface area contributed by atoms with Crippen molar-refractivity contribution in [2.24, 2.45) is 0 Å². The highest BCUT2D eigenvalue weighted by molar-refractivity contribution is 9.10. The van der Waals surface area contributed by atoms with Crippen molar-refractivity contribution in [3.05, 3.63) is 82.3 Å². The molecule has 0 aromatic heterocycles. The number of ether oxygens (including phenoxy) is 1. The third-order valence-electron chi connectivity index (χ3n) is 4.18. The average Bonchev–Trinajstić information content (AvgIpc) is 2.73. The molecule has 1 amide bonds. The third-order valence-corrected chi connectivity index (χ3v) is 6.89. The molecule has 0 bridgehead atoms. The number of methoxy groups -OCH3 is 1. The van der Waals surface area contributed by atoms with Gasteiger partial charge in [-0.15, -0.1) is 0 Å². The molecule has 0 aliphatic rings. The van der Waals surface area contributed by atoms with Crippen LogP contribution in [0.2, 0.25) is 5.02 Å². The molecule has 6 nitrogen and oxygen atoms in total. The first-order valence-corrected chi connectivity index (χ1v) is 11.4. The van der Waals surface area contributed by atoms with E-state index in [-0.39, 0.29) is 10.6 Å². The molecular formula is C21H18BrClN2O4S. The normalized spacial score (nSPS) is 11.0. The number of para-hydroxylation sites is 1.